The average Bonchev–Trinajstić information content (AvgIpc) is 3.22. The summed E-state index contributed by atoms with van der Waals surface area (Å²) in [5, 5.41) is 14.7. The Hall–Kier alpha value is -4.01. The van der Waals surface area contributed by atoms with E-state index >= 15 is 0 Å². The number of rotatable bonds is 5. The summed E-state index contributed by atoms with van der Waals surface area (Å²) < 4.78 is 12.2. The molecule has 0 radical (unpaired) electrons. The Morgan fingerprint density at radius 2 is 1.80 bits per heavy atom. The van der Waals surface area contributed by atoms with Gasteiger partial charge in [0.05, 0.1) is 17.7 Å². The second-order valence-corrected chi connectivity index (χ2v) is 6.56. The van der Waals surface area contributed by atoms with Crippen molar-refractivity contribution < 1.29 is 19.1 Å². The molecule has 1 atom stereocenters. The zero-order valence-corrected chi connectivity index (χ0v) is 16.4. The SMILES string of the molecule is CCOC(=O)C1=C(C)Nc2nnnn2[C@H]1c1ccc(OC(=O)c2ccccc2)cc1. The molecule has 1 aliphatic rings. The van der Waals surface area contributed by atoms with Crippen LogP contribution in [0.15, 0.2) is 65.9 Å². The smallest absolute Gasteiger partial charge is 0.343 e. The lowest BCUT2D eigenvalue weighted by atomic mass is 9.96. The highest BCUT2D eigenvalue weighted by Gasteiger charge is 2.34. The van der Waals surface area contributed by atoms with E-state index in [1.807, 2.05) is 6.07 Å². The second kappa shape index (κ2) is 8.16. The highest BCUT2D eigenvalue weighted by atomic mass is 16.5. The van der Waals surface area contributed by atoms with Crippen molar-refractivity contribution in [3.05, 3.63) is 77.0 Å². The number of nitrogens with zero attached hydrogens (tertiary/aromatic N) is 4. The molecule has 2 aromatic carbocycles. The molecule has 9 heteroatoms. The first-order chi connectivity index (χ1) is 14.6. The van der Waals surface area contributed by atoms with Gasteiger partial charge in [-0.25, -0.2) is 9.59 Å². The van der Waals surface area contributed by atoms with Crippen LogP contribution in [0.1, 0.15) is 35.8 Å². The zero-order chi connectivity index (χ0) is 21.1. The number of carbonyl (C=O) groups excluding carboxylic acids is 2. The number of ether oxygens (including phenoxy) is 2. The molecule has 0 fully saturated rings. The molecule has 0 unspecified atom stereocenters. The zero-order valence-electron chi connectivity index (χ0n) is 16.4. The number of carbonyl (C=O) groups is 2. The van der Waals surface area contributed by atoms with Crippen LogP contribution in [-0.2, 0) is 9.53 Å². The molecule has 0 saturated carbocycles. The first kappa shape index (κ1) is 19.3. The number of fused-ring (bicyclic) bond motifs is 1. The number of aromatic nitrogens is 4. The maximum absolute atomic E-state index is 12.6. The first-order valence-corrected chi connectivity index (χ1v) is 9.38. The van der Waals surface area contributed by atoms with Crippen molar-refractivity contribution in [2.24, 2.45) is 0 Å². The number of anilines is 1. The maximum Gasteiger partial charge on any atom is 0.343 e. The summed E-state index contributed by atoms with van der Waals surface area (Å²) in [6.45, 7) is 3.77. The second-order valence-electron chi connectivity index (χ2n) is 6.56. The Balaban J connectivity index is 1.63. The normalized spacial score (nSPS) is 15.2. The Morgan fingerprint density at radius 1 is 1.07 bits per heavy atom. The van der Waals surface area contributed by atoms with Crippen LogP contribution in [0.3, 0.4) is 0 Å². The Bertz CT molecular complexity index is 1110. The molecule has 1 aliphatic heterocycles. The van der Waals surface area contributed by atoms with Crippen molar-refractivity contribution in [2.45, 2.75) is 19.9 Å². The van der Waals surface area contributed by atoms with E-state index in [0.717, 1.165) is 5.56 Å². The largest absolute Gasteiger partial charge is 0.463 e. The van der Waals surface area contributed by atoms with Gasteiger partial charge >= 0.3 is 11.9 Å². The quantitative estimate of drug-likeness (QED) is 0.510. The van der Waals surface area contributed by atoms with E-state index in [4.69, 9.17) is 9.47 Å². The van der Waals surface area contributed by atoms with Gasteiger partial charge in [-0.2, -0.15) is 4.68 Å². The number of nitrogens with one attached hydrogen (secondary N) is 1. The summed E-state index contributed by atoms with van der Waals surface area (Å²) in [5.74, 6) is -0.0915. The van der Waals surface area contributed by atoms with E-state index < -0.39 is 18.0 Å². The molecule has 4 rings (SSSR count). The lowest BCUT2D eigenvalue weighted by molar-refractivity contribution is -0.139. The molecular formula is C21H19N5O4. The van der Waals surface area contributed by atoms with Crippen molar-refractivity contribution in [1.29, 1.82) is 0 Å². The summed E-state index contributed by atoms with van der Waals surface area (Å²) in [4.78, 5) is 24.9. The van der Waals surface area contributed by atoms with E-state index in [2.05, 4.69) is 20.8 Å². The molecule has 0 amide bonds. The van der Waals surface area contributed by atoms with Crippen LogP contribution in [-0.4, -0.2) is 38.8 Å². The van der Waals surface area contributed by atoms with Crippen molar-refractivity contribution in [3.8, 4) is 5.75 Å². The van der Waals surface area contributed by atoms with Crippen LogP contribution >= 0.6 is 0 Å². The minimum Gasteiger partial charge on any atom is -0.463 e. The minimum absolute atomic E-state index is 0.249. The van der Waals surface area contributed by atoms with Gasteiger partial charge in [-0.1, -0.05) is 35.4 Å². The fourth-order valence-electron chi connectivity index (χ4n) is 3.25. The number of hydrogen-bond acceptors (Lipinski definition) is 8. The standard InChI is InChI=1S/C21H19N5O4/c1-3-29-20(28)17-13(2)22-21-23-24-25-26(21)18(17)14-9-11-16(12-10-14)30-19(27)15-7-5-4-6-8-15/h4-12,18H,3H2,1-2H3,(H,22,23,25)/t18-/m0/s1. The van der Waals surface area contributed by atoms with Crippen LogP contribution in [0, 0.1) is 0 Å². The molecule has 0 aliphatic carbocycles. The first-order valence-electron chi connectivity index (χ1n) is 9.38. The van der Waals surface area contributed by atoms with E-state index in [-0.39, 0.29) is 6.61 Å². The van der Waals surface area contributed by atoms with Crippen molar-refractivity contribution in [2.75, 3.05) is 11.9 Å². The molecule has 9 nitrogen and oxygen atoms in total. The monoisotopic (exact) mass is 405 g/mol. The molecule has 30 heavy (non-hydrogen) atoms. The predicted molar refractivity (Wildman–Crippen MR) is 107 cm³/mol. The van der Waals surface area contributed by atoms with Crippen molar-refractivity contribution >= 4 is 17.9 Å². The molecule has 0 saturated heterocycles. The maximum atomic E-state index is 12.6. The van der Waals surface area contributed by atoms with E-state index in [1.54, 1.807) is 62.4 Å². The molecular weight excluding hydrogens is 386 g/mol. The van der Waals surface area contributed by atoms with Crippen LogP contribution < -0.4 is 10.1 Å². The predicted octanol–water partition coefficient (Wildman–Crippen LogP) is 2.74. The van der Waals surface area contributed by atoms with Gasteiger partial charge in [-0.15, -0.1) is 0 Å². The molecule has 152 valence electrons. The Morgan fingerprint density at radius 3 is 2.50 bits per heavy atom. The molecule has 0 bridgehead atoms. The highest BCUT2D eigenvalue weighted by Crippen LogP contribution is 2.35. The third kappa shape index (κ3) is 3.64. The van der Waals surface area contributed by atoms with Crippen molar-refractivity contribution in [1.82, 2.24) is 20.2 Å². The molecule has 3 aromatic rings. The summed E-state index contributed by atoms with van der Waals surface area (Å²) in [6.07, 6.45) is 0. The van der Waals surface area contributed by atoms with Gasteiger partial charge in [0.25, 0.3) is 0 Å². The summed E-state index contributed by atoms with van der Waals surface area (Å²) in [7, 11) is 0. The number of allylic oxidation sites excluding steroid dienone is 1. The summed E-state index contributed by atoms with van der Waals surface area (Å²) in [5.41, 5.74) is 2.22. The lowest BCUT2D eigenvalue weighted by Gasteiger charge is -2.27. The Kier molecular flexibility index (Phi) is 5.25. The van der Waals surface area contributed by atoms with Gasteiger partial charge in [0.2, 0.25) is 5.95 Å². The third-order valence-electron chi connectivity index (χ3n) is 4.63. The van der Waals surface area contributed by atoms with Crippen LogP contribution in [0.4, 0.5) is 5.95 Å². The van der Waals surface area contributed by atoms with Crippen LogP contribution in [0.5, 0.6) is 5.75 Å². The Labute approximate surface area is 172 Å². The van der Waals surface area contributed by atoms with Crippen LogP contribution in [0.2, 0.25) is 0 Å². The third-order valence-corrected chi connectivity index (χ3v) is 4.63. The van der Waals surface area contributed by atoms with Gasteiger partial charge < -0.3 is 14.8 Å². The van der Waals surface area contributed by atoms with Gasteiger partial charge in [0.15, 0.2) is 0 Å². The highest BCUT2D eigenvalue weighted by molar-refractivity contribution is 5.92. The number of benzene rings is 2. The fraction of sp³-hybridized carbons (Fsp3) is 0.190. The van der Waals surface area contributed by atoms with Crippen molar-refractivity contribution in [3.63, 3.8) is 0 Å². The van der Waals surface area contributed by atoms with Gasteiger partial charge in [-0.3, -0.25) is 0 Å². The van der Waals surface area contributed by atoms with E-state index in [0.29, 0.717) is 28.5 Å². The molecule has 1 aromatic heterocycles. The van der Waals surface area contributed by atoms with Gasteiger partial charge in [0.1, 0.15) is 11.8 Å². The van der Waals surface area contributed by atoms with Gasteiger partial charge in [-0.05, 0) is 54.1 Å². The fourth-order valence-corrected chi connectivity index (χ4v) is 3.25. The molecule has 2 heterocycles. The molecule has 0 spiro atoms. The van der Waals surface area contributed by atoms with Gasteiger partial charge in [0, 0.05) is 5.70 Å². The lowest BCUT2D eigenvalue weighted by Crippen LogP contribution is -2.29. The average molecular weight is 405 g/mol. The summed E-state index contributed by atoms with van der Waals surface area (Å²) in [6, 6.07) is 15.0. The topological polar surface area (TPSA) is 108 Å². The van der Waals surface area contributed by atoms with E-state index in [9.17, 15) is 9.59 Å². The number of esters is 2. The number of tetrazole rings is 1. The summed E-state index contributed by atoms with van der Waals surface area (Å²) >= 11 is 0. The number of hydrogen-bond donors (Lipinski definition) is 1. The van der Waals surface area contributed by atoms with E-state index in [1.165, 1.54) is 4.68 Å². The minimum atomic E-state index is -0.575. The van der Waals surface area contributed by atoms with Crippen LogP contribution in [0.25, 0.3) is 0 Å². The molecule has 1 N–H and O–H groups in total.